The number of primary amides is 1. The lowest BCUT2D eigenvalue weighted by Gasteiger charge is -2.00. The van der Waals surface area contributed by atoms with Gasteiger partial charge in [0.1, 0.15) is 0 Å². The summed E-state index contributed by atoms with van der Waals surface area (Å²) in [6.07, 6.45) is 5.48. The molecule has 2 aromatic rings. The van der Waals surface area contributed by atoms with Crippen LogP contribution in [0.1, 0.15) is 12.0 Å². The molecular weight excluding hydrogens is 236 g/mol. The summed E-state index contributed by atoms with van der Waals surface area (Å²) >= 11 is 6.08. The number of nitrogens with two attached hydrogens (primary N) is 1. The van der Waals surface area contributed by atoms with Crippen molar-refractivity contribution in [3.05, 3.63) is 47.1 Å². The Morgan fingerprint density at radius 1 is 1.41 bits per heavy atom. The standard InChI is InChI=1S/C13H11ClN2O/c14-11-6-7-16-12-5-4-9(8-10(11)12)2-1-3-13(15)17/h1-2,4-8H,3H2,(H2,15,17). The van der Waals surface area contributed by atoms with E-state index in [1.54, 1.807) is 18.3 Å². The number of aromatic nitrogens is 1. The SMILES string of the molecule is NC(=O)CC=Cc1ccc2nccc(Cl)c2c1. The maximum absolute atomic E-state index is 10.6. The number of halogens is 1. The molecule has 2 rings (SSSR count). The van der Waals surface area contributed by atoms with Crippen molar-refractivity contribution >= 4 is 34.5 Å². The molecule has 1 aromatic heterocycles. The van der Waals surface area contributed by atoms with Gasteiger partial charge in [-0.15, -0.1) is 0 Å². The van der Waals surface area contributed by atoms with Gasteiger partial charge in [-0.3, -0.25) is 9.78 Å². The molecule has 1 amide bonds. The fraction of sp³-hybridized carbons (Fsp3) is 0.0769. The highest BCUT2D eigenvalue weighted by Crippen LogP contribution is 2.22. The number of rotatable bonds is 3. The molecule has 0 atom stereocenters. The number of hydrogen-bond donors (Lipinski definition) is 1. The molecular formula is C13H11ClN2O. The van der Waals surface area contributed by atoms with Gasteiger partial charge in [-0.25, -0.2) is 0 Å². The van der Waals surface area contributed by atoms with Crippen LogP contribution in [0, 0.1) is 0 Å². The first kappa shape index (κ1) is 11.6. The fourth-order valence-corrected chi connectivity index (χ4v) is 1.75. The van der Waals surface area contributed by atoms with Crippen molar-refractivity contribution in [2.45, 2.75) is 6.42 Å². The van der Waals surface area contributed by atoms with Crippen molar-refractivity contribution in [2.75, 3.05) is 0 Å². The summed E-state index contributed by atoms with van der Waals surface area (Å²) in [6.45, 7) is 0. The maximum atomic E-state index is 10.6. The number of pyridine rings is 1. The monoisotopic (exact) mass is 246 g/mol. The predicted octanol–water partition coefficient (Wildman–Crippen LogP) is 2.78. The Labute approximate surface area is 104 Å². The van der Waals surface area contributed by atoms with Gasteiger partial charge in [0.15, 0.2) is 0 Å². The van der Waals surface area contributed by atoms with Crippen LogP contribution in [-0.2, 0) is 4.79 Å². The maximum Gasteiger partial charge on any atom is 0.221 e. The Bertz CT molecular complexity index is 593. The molecule has 17 heavy (non-hydrogen) atoms. The van der Waals surface area contributed by atoms with Crippen molar-refractivity contribution in [1.29, 1.82) is 0 Å². The number of amides is 1. The average Bonchev–Trinajstić information content (AvgIpc) is 2.30. The summed E-state index contributed by atoms with van der Waals surface area (Å²) in [5, 5.41) is 1.57. The van der Waals surface area contributed by atoms with E-state index in [4.69, 9.17) is 17.3 Å². The van der Waals surface area contributed by atoms with E-state index in [-0.39, 0.29) is 12.3 Å². The first-order valence-electron chi connectivity index (χ1n) is 5.16. The molecule has 0 bridgehead atoms. The van der Waals surface area contributed by atoms with Gasteiger partial charge in [0.2, 0.25) is 5.91 Å². The van der Waals surface area contributed by atoms with E-state index < -0.39 is 0 Å². The predicted molar refractivity (Wildman–Crippen MR) is 69.6 cm³/mol. The Hall–Kier alpha value is -1.87. The van der Waals surface area contributed by atoms with Crippen LogP contribution in [-0.4, -0.2) is 10.9 Å². The topological polar surface area (TPSA) is 56.0 Å². The zero-order valence-electron chi connectivity index (χ0n) is 9.06. The van der Waals surface area contributed by atoms with Crippen LogP contribution in [0.25, 0.3) is 17.0 Å². The third-order valence-electron chi connectivity index (χ3n) is 2.34. The summed E-state index contributed by atoms with van der Waals surface area (Å²) in [7, 11) is 0. The van der Waals surface area contributed by atoms with Crippen LogP contribution >= 0.6 is 11.6 Å². The van der Waals surface area contributed by atoms with Crippen LogP contribution in [0.4, 0.5) is 0 Å². The van der Waals surface area contributed by atoms with Gasteiger partial charge < -0.3 is 5.73 Å². The Morgan fingerprint density at radius 3 is 3.00 bits per heavy atom. The molecule has 0 saturated carbocycles. The molecule has 0 aliphatic rings. The lowest BCUT2D eigenvalue weighted by molar-refractivity contribution is -0.117. The number of benzene rings is 1. The molecule has 0 aliphatic carbocycles. The summed E-state index contributed by atoms with van der Waals surface area (Å²) in [5.41, 5.74) is 6.87. The second kappa shape index (κ2) is 4.97. The van der Waals surface area contributed by atoms with Crippen molar-refractivity contribution in [2.24, 2.45) is 5.73 Å². The molecule has 0 radical (unpaired) electrons. The van der Waals surface area contributed by atoms with Gasteiger partial charge in [-0.05, 0) is 23.8 Å². The first-order valence-corrected chi connectivity index (χ1v) is 5.54. The number of carbonyl (C=O) groups excluding carboxylic acids is 1. The second-order valence-corrected chi connectivity index (χ2v) is 4.05. The van der Waals surface area contributed by atoms with Gasteiger partial charge in [0.25, 0.3) is 0 Å². The largest absolute Gasteiger partial charge is 0.369 e. The highest BCUT2D eigenvalue weighted by Gasteiger charge is 1.99. The van der Waals surface area contributed by atoms with E-state index in [9.17, 15) is 4.79 Å². The number of nitrogens with zero attached hydrogens (tertiary/aromatic N) is 1. The van der Waals surface area contributed by atoms with Crippen molar-refractivity contribution in [1.82, 2.24) is 4.98 Å². The third-order valence-corrected chi connectivity index (χ3v) is 2.67. The highest BCUT2D eigenvalue weighted by molar-refractivity contribution is 6.35. The minimum Gasteiger partial charge on any atom is -0.369 e. The Morgan fingerprint density at radius 2 is 2.24 bits per heavy atom. The lowest BCUT2D eigenvalue weighted by atomic mass is 10.1. The molecule has 0 unspecified atom stereocenters. The van der Waals surface area contributed by atoms with Crippen LogP contribution in [0.2, 0.25) is 5.02 Å². The van der Waals surface area contributed by atoms with E-state index in [0.717, 1.165) is 16.5 Å². The van der Waals surface area contributed by atoms with Crippen LogP contribution in [0.3, 0.4) is 0 Å². The Kier molecular flexibility index (Phi) is 3.40. The molecule has 2 N–H and O–H groups in total. The van der Waals surface area contributed by atoms with Crippen molar-refractivity contribution in [3.8, 4) is 0 Å². The van der Waals surface area contributed by atoms with E-state index in [1.165, 1.54) is 0 Å². The molecule has 1 aromatic carbocycles. The van der Waals surface area contributed by atoms with Gasteiger partial charge in [-0.2, -0.15) is 0 Å². The van der Waals surface area contributed by atoms with Crippen LogP contribution in [0.15, 0.2) is 36.5 Å². The second-order valence-electron chi connectivity index (χ2n) is 3.64. The molecule has 4 heteroatoms. The molecule has 3 nitrogen and oxygen atoms in total. The first-order chi connectivity index (χ1) is 8.16. The van der Waals surface area contributed by atoms with Gasteiger partial charge in [0.05, 0.1) is 10.5 Å². The number of fused-ring (bicyclic) bond motifs is 1. The molecule has 0 saturated heterocycles. The van der Waals surface area contributed by atoms with Gasteiger partial charge in [0, 0.05) is 18.0 Å². The zero-order valence-corrected chi connectivity index (χ0v) is 9.82. The van der Waals surface area contributed by atoms with Gasteiger partial charge in [-0.1, -0.05) is 29.8 Å². The van der Waals surface area contributed by atoms with Crippen LogP contribution in [0.5, 0.6) is 0 Å². The number of hydrogen-bond acceptors (Lipinski definition) is 2. The normalized spacial score (nSPS) is 11.1. The van der Waals surface area contributed by atoms with E-state index in [2.05, 4.69) is 4.98 Å². The van der Waals surface area contributed by atoms with E-state index >= 15 is 0 Å². The summed E-state index contributed by atoms with van der Waals surface area (Å²) in [5.74, 6) is -0.346. The van der Waals surface area contributed by atoms with E-state index in [1.807, 2.05) is 24.3 Å². The van der Waals surface area contributed by atoms with Crippen molar-refractivity contribution in [3.63, 3.8) is 0 Å². The average molecular weight is 247 g/mol. The van der Waals surface area contributed by atoms with Crippen LogP contribution < -0.4 is 5.73 Å². The Balaban J connectivity index is 2.34. The smallest absolute Gasteiger partial charge is 0.221 e. The number of carbonyl (C=O) groups is 1. The quantitative estimate of drug-likeness (QED) is 0.905. The molecule has 0 spiro atoms. The molecule has 0 aliphatic heterocycles. The minimum absolute atomic E-state index is 0.235. The van der Waals surface area contributed by atoms with Gasteiger partial charge >= 0.3 is 0 Å². The summed E-state index contributed by atoms with van der Waals surface area (Å²) in [6, 6.07) is 7.50. The fourth-order valence-electron chi connectivity index (χ4n) is 1.55. The minimum atomic E-state index is -0.346. The van der Waals surface area contributed by atoms with E-state index in [0.29, 0.717) is 5.02 Å². The molecule has 0 fully saturated rings. The highest BCUT2D eigenvalue weighted by atomic mass is 35.5. The third kappa shape index (κ3) is 2.82. The summed E-state index contributed by atoms with van der Waals surface area (Å²) < 4.78 is 0. The van der Waals surface area contributed by atoms with Crippen molar-refractivity contribution < 1.29 is 4.79 Å². The zero-order chi connectivity index (χ0) is 12.3. The molecule has 1 heterocycles. The molecule has 86 valence electrons. The lowest BCUT2D eigenvalue weighted by Crippen LogP contribution is -2.07. The summed E-state index contributed by atoms with van der Waals surface area (Å²) in [4.78, 5) is 14.8.